The van der Waals surface area contributed by atoms with Gasteiger partial charge in [-0.25, -0.2) is 4.79 Å². The Kier molecular flexibility index (Phi) is 4.45. The first-order chi connectivity index (χ1) is 9.00. The number of nitrogens with zero attached hydrogens (tertiary/aromatic N) is 1. The van der Waals surface area contributed by atoms with Crippen LogP contribution in [-0.4, -0.2) is 42.5 Å². The van der Waals surface area contributed by atoms with Gasteiger partial charge in [-0.15, -0.1) is 0 Å². The van der Waals surface area contributed by atoms with Gasteiger partial charge in [0.1, 0.15) is 0 Å². The zero-order chi connectivity index (χ0) is 13.9. The summed E-state index contributed by atoms with van der Waals surface area (Å²) in [4.78, 5) is 24.1. The van der Waals surface area contributed by atoms with Crippen LogP contribution >= 0.6 is 0 Å². The third kappa shape index (κ3) is 3.47. The van der Waals surface area contributed by atoms with Gasteiger partial charge >= 0.3 is 6.03 Å². The molecule has 0 aromatic heterocycles. The Morgan fingerprint density at radius 1 is 1.37 bits per heavy atom. The van der Waals surface area contributed by atoms with Crippen LogP contribution in [0.1, 0.15) is 46.0 Å². The Labute approximate surface area is 115 Å². The van der Waals surface area contributed by atoms with E-state index in [0.29, 0.717) is 18.0 Å². The molecule has 1 saturated carbocycles. The predicted molar refractivity (Wildman–Crippen MR) is 73.8 cm³/mol. The summed E-state index contributed by atoms with van der Waals surface area (Å²) in [5.41, 5.74) is 0.360. The van der Waals surface area contributed by atoms with E-state index >= 15 is 0 Å². The minimum Gasteiger partial charge on any atom is -0.329 e. The maximum absolute atomic E-state index is 11.4. The highest BCUT2D eigenvalue weighted by Crippen LogP contribution is 2.35. The molecule has 1 atom stereocenters. The summed E-state index contributed by atoms with van der Waals surface area (Å²) >= 11 is 0. The van der Waals surface area contributed by atoms with Crippen LogP contribution in [0.3, 0.4) is 0 Å². The molecule has 1 heterocycles. The first-order valence-corrected chi connectivity index (χ1v) is 7.32. The molecule has 108 valence electrons. The molecule has 0 spiro atoms. The molecule has 0 aromatic rings. The highest BCUT2D eigenvalue weighted by atomic mass is 16.2. The lowest BCUT2D eigenvalue weighted by molar-refractivity contribution is -0.125. The molecule has 0 aromatic carbocycles. The first kappa shape index (κ1) is 14.3. The zero-order valence-electron chi connectivity index (χ0n) is 12.0. The summed E-state index contributed by atoms with van der Waals surface area (Å²) in [7, 11) is 0. The minimum atomic E-state index is -0.247. The molecule has 3 amide bonds. The highest BCUT2D eigenvalue weighted by Gasteiger charge is 2.32. The summed E-state index contributed by atoms with van der Waals surface area (Å²) < 4.78 is 0. The first-order valence-electron chi connectivity index (χ1n) is 7.32. The molecular formula is C14H25N3O2. The fraction of sp³-hybridized carbons (Fsp3) is 0.857. The second-order valence-corrected chi connectivity index (χ2v) is 6.30. The van der Waals surface area contributed by atoms with E-state index in [1.54, 1.807) is 0 Å². The second-order valence-electron chi connectivity index (χ2n) is 6.30. The van der Waals surface area contributed by atoms with Gasteiger partial charge in [-0.2, -0.15) is 0 Å². The molecule has 1 aliphatic heterocycles. The molecule has 0 radical (unpaired) electrons. The van der Waals surface area contributed by atoms with Gasteiger partial charge in [0.15, 0.2) is 0 Å². The van der Waals surface area contributed by atoms with Crippen molar-refractivity contribution in [3.63, 3.8) is 0 Å². The third-order valence-corrected chi connectivity index (χ3v) is 4.39. The lowest BCUT2D eigenvalue weighted by atomic mass is 9.73. The average molecular weight is 267 g/mol. The Morgan fingerprint density at radius 2 is 2.16 bits per heavy atom. The van der Waals surface area contributed by atoms with E-state index < -0.39 is 0 Å². The fourth-order valence-electron chi connectivity index (χ4n) is 3.07. The number of urea groups is 1. The average Bonchev–Trinajstić information content (AvgIpc) is 2.67. The number of nitrogens with one attached hydrogen (secondary N) is 2. The molecule has 0 bridgehead atoms. The van der Waals surface area contributed by atoms with Crippen LogP contribution in [0.5, 0.6) is 0 Å². The van der Waals surface area contributed by atoms with Crippen molar-refractivity contribution >= 4 is 11.9 Å². The number of amides is 3. The maximum Gasteiger partial charge on any atom is 0.324 e. The van der Waals surface area contributed by atoms with Crippen LogP contribution in [0.2, 0.25) is 0 Å². The van der Waals surface area contributed by atoms with Crippen molar-refractivity contribution in [3.8, 4) is 0 Å². The van der Waals surface area contributed by atoms with Crippen LogP contribution in [0.25, 0.3) is 0 Å². The Bertz CT molecular complexity index is 339. The molecule has 19 heavy (non-hydrogen) atoms. The molecule has 5 nitrogen and oxygen atoms in total. The fourth-order valence-corrected chi connectivity index (χ4v) is 3.07. The van der Waals surface area contributed by atoms with Crippen molar-refractivity contribution in [3.05, 3.63) is 0 Å². The van der Waals surface area contributed by atoms with Crippen LogP contribution in [0, 0.1) is 5.41 Å². The predicted octanol–water partition coefficient (Wildman–Crippen LogP) is 1.49. The van der Waals surface area contributed by atoms with Gasteiger partial charge in [0.05, 0.1) is 6.54 Å². The number of carbonyl (C=O) groups excluding carboxylic acids is 2. The van der Waals surface area contributed by atoms with Crippen LogP contribution in [0.15, 0.2) is 0 Å². The highest BCUT2D eigenvalue weighted by molar-refractivity contribution is 6.01. The summed E-state index contributed by atoms with van der Waals surface area (Å²) in [6.07, 6.45) is 5.96. The van der Waals surface area contributed by atoms with Crippen molar-refractivity contribution in [1.29, 1.82) is 0 Å². The molecule has 5 heteroatoms. The van der Waals surface area contributed by atoms with Crippen LogP contribution in [-0.2, 0) is 4.79 Å². The van der Waals surface area contributed by atoms with Gasteiger partial charge in [0, 0.05) is 12.6 Å². The van der Waals surface area contributed by atoms with Gasteiger partial charge in [0.2, 0.25) is 5.91 Å². The molecular weight excluding hydrogens is 242 g/mol. The van der Waals surface area contributed by atoms with Crippen molar-refractivity contribution in [2.75, 3.05) is 19.6 Å². The zero-order valence-corrected chi connectivity index (χ0v) is 12.0. The lowest BCUT2D eigenvalue weighted by Gasteiger charge is -2.39. The molecule has 2 N–H and O–H groups in total. The van der Waals surface area contributed by atoms with Gasteiger partial charge in [0.25, 0.3) is 0 Å². The van der Waals surface area contributed by atoms with Crippen molar-refractivity contribution < 1.29 is 9.59 Å². The van der Waals surface area contributed by atoms with Crippen LogP contribution in [0.4, 0.5) is 4.79 Å². The maximum atomic E-state index is 11.4. The molecule has 2 fully saturated rings. The number of carbonyl (C=O) groups is 2. The van der Waals surface area contributed by atoms with Gasteiger partial charge in [-0.3, -0.25) is 9.69 Å². The van der Waals surface area contributed by atoms with Gasteiger partial charge < -0.3 is 10.6 Å². The molecule has 2 aliphatic rings. The second kappa shape index (κ2) is 5.90. The van der Waals surface area contributed by atoms with E-state index in [9.17, 15) is 9.59 Å². The van der Waals surface area contributed by atoms with Crippen molar-refractivity contribution in [2.45, 2.75) is 52.0 Å². The number of hydrogen-bond donors (Lipinski definition) is 2. The third-order valence-electron chi connectivity index (χ3n) is 4.39. The molecule has 2 rings (SSSR count). The van der Waals surface area contributed by atoms with Gasteiger partial charge in [-0.05, 0) is 31.2 Å². The lowest BCUT2D eigenvalue weighted by Crippen LogP contribution is -2.45. The van der Waals surface area contributed by atoms with E-state index in [4.69, 9.17) is 0 Å². The summed E-state index contributed by atoms with van der Waals surface area (Å²) in [6, 6.07) is 0.312. The molecule has 1 aliphatic carbocycles. The summed E-state index contributed by atoms with van der Waals surface area (Å²) in [5, 5.41) is 6.14. The largest absolute Gasteiger partial charge is 0.329 e. The Balaban J connectivity index is 1.69. The van der Waals surface area contributed by atoms with E-state index in [-0.39, 0.29) is 18.5 Å². The summed E-state index contributed by atoms with van der Waals surface area (Å²) in [6.45, 7) is 6.18. The number of hydrogen-bond acceptors (Lipinski definition) is 3. The SMILES string of the molecule is CC1(C)CCCC[C@@H]1NCCCN1C(=O)CNC1=O. The van der Waals surface area contributed by atoms with Crippen molar-refractivity contribution in [1.82, 2.24) is 15.5 Å². The summed E-state index contributed by atoms with van der Waals surface area (Å²) in [5.74, 6) is -0.108. The number of imide groups is 1. The van der Waals surface area contributed by atoms with E-state index in [1.165, 1.54) is 30.6 Å². The molecule has 0 unspecified atom stereocenters. The van der Waals surface area contributed by atoms with Crippen molar-refractivity contribution in [2.24, 2.45) is 5.41 Å². The van der Waals surface area contributed by atoms with E-state index in [1.807, 2.05) is 0 Å². The standard InChI is InChI=1S/C14H25N3O2/c1-14(2)7-4-3-6-11(14)15-8-5-9-17-12(18)10-16-13(17)19/h11,15H,3-10H2,1-2H3,(H,16,19)/t11-/m0/s1. The van der Waals surface area contributed by atoms with Crippen LogP contribution < -0.4 is 10.6 Å². The number of rotatable bonds is 5. The molecule has 1 saturated heterocycles. The van der Waals surface area contributed by atoms with E-state index in [2.05, 4.69) is 24.5 Å². The smallest absolute Gasteiger partial charge is 0.324 e. The topological polar surface area (TPSA) is 61.4 Å². The Morgan fingerprint density at radius 3 is 2.79 bits per heavy atom. The normalized spacial score (nSPS) is 26.6. The Hall–Kier alpha value is -1.10. The minimum absolute atomic E-state index is 0.108. The quantitative estimate of drug-likeness (QED) is 0.586. The monoisotopic (exact) mass is 267 g/mol. The van der Waals surface area contributed by atoms with E-state index in [0.717, 1.165) is 13.0 Å². The van der Waals surface area contributed by atoms with Gasteiger partial charge in [-0.1, -0.05) is 26.7 Å².